The Balaban J connectivity index is 1.79. The summed E-state index contributed by atoms with van der Waals surface area (Å²) in [6.07, 6.45) is 9.06. The molecule has 0 unspecified atom stereocenters. The number of hydrogen-bond acceptors (Lipinski definition) is 3. The minimum atomic E-state index is 0.574. The Bertz CT molecular complexity index is 464. The number of nitrogens with one attached hydrogen (secondary N) is 1. The van der Waals surface area contributed by atoms with Gasteiger partial charge in [-0.2, -0.15) is 0 Å². The van der Waals surface area contributed by atoms with Gasteiger partial charge in [-0.25, -0.2) is 5.10 Å². The van der Waals surface area contributed by atoms with Crippen LogP contribution < -0.4 is 4.90 Å². The van der Waals surface area contributed by atoms with Crippen molar-refractivity contribution in [1.29, 1.82) is 0 Å². The Labute approximate surface area is 120 Å². The third-order valence-electron chi connectivity index (χ3n) is 4.85. The number of aromatic amines is 1. The van der Waals surface area contributed by atoms with Crippen molar-refractivity contribution in [2.45, 2.75) is 57.9 Å². The third kappa shape index (κ3) is 2.57. The lowest BCUT2D eigenvalue weighted by Crippen LogP contribution is -2.35. The zero-order chi connectivity index (χ0) is 13.2. The summed E-state index contributed by atoms with van der Waals surface area (Å²) >= 11 is 5.44. The average molecular weight is 280 g/mol. The molecule has 0 spiro atoms. The molecule has 19 heavy (non-hydrogen) atoms. The maximum absolute atomic E-state index is 5.44. The Morgan fingerprint density at radius 3 is 2.53 bits per heavy atom. The molecule has 106 valence electrons. The van der Waals surface area contributed by atoms with Crippen LogP contribution in [0.2, 0.25) is 0 Å². The van der Waals surface area contributed by atoms with Gasteiger partial charge in [0.25, 0.3) is 0 Å². The number of aromatic nitrogens is 3. The molecular formula is C14H24N4S. The van der Waals surface area contributed by atoms with Gasteiger partial charge < -0.3 is 4.90 Å². The van der Waals surface area contributed by atoms with E-state index in [9.17, 15) is 0 Å². The van der Waals surface area contributed by atoms with Crippen molar-refractivity contribution < 1.29 is 0 Å². The van der Waals surface area contributed by atoms with Crippen molar-refractivity contribution in [2.75, 3.05) is 18.0 Å². The van der Waals surface area contributed by atoms with Gasteiger partial charge in [-0.3, -0.25) is 4.57 Å². The maximum Gasteiger partial charge on any atom is 0.225 e. The Morgan fingerprint density at radius 2 is 1.89 bits per heavy atom. The predicted molar refractivity (Wildman–Crippen MR) is 80.1 cm³/mol. The first-order valence-electron chi connectivity index (χ1n) is 7.71. The first kappa shape index (κ1) is 13.2. The maximum atomic E-state index is 5.44. The van der Waals surface area contributed by atoms with Gasteiger partial charge in [0, 0.05) is 19.1 Å². The van der Waals surface area contributed by atoms with E-state index in [2.05, 4.69) is 26.6 Å². The average Bonchev–Trinajstić information content (AvgIpc) is 3.08. The highest BCUT2D eigenvalue weighted by molar-refractivity contribution is 7.71. The summed E-state index contributed by atoms with van der Waals surface area (Å²) in [5.41, 5.74) is 0. The summed E-state index contributed by atoms with van der Waals surface area (Å²) in [6.45, 7) is 4.56. The number of piperidine rings is 1. The second-order valence-corrected chi connectivity index (χ2v) is 6.36. The Hall–Kier alpha value is -0.840. The highest BCUT2D eigenvalue weighted by Gasteiger charge is 2.26. The monoisotopic (exact) mass is 280 g/mol. The molecule has 1 aliphatic carbocycles. The molecule has 0 atom stereocenters. The molecule has 0 bridgehead atoms. The molecule has 1 aromatic rings. The van der Waals surface area contributed by atoms with E-state index in [0.29, 0.717) is 6.04 Å². The number of H-pyrrole nitrogens is 1. The van der Waals surface area contributed by atoms with Crippen LogP contribution in [0, 0.1) is 10.7 Å². The second-order valence-electron chi connectivity index (χ2n) is 5.98. The summed E-state index contributed by atoms with van der Waals surface area (Å²) in [7, 11) is 0. The molecule has 1 aliphatic heterocycles. The zero-order valence-electron chi connectivity index (χ0n) is 11.8. The predicted octanol–water partition coefficient (Wildman–Crippen LogP) is 3.68. The van der Waals surface area contributed by atoms with Crippen molar-refractivity contribution in [2.24, 2.45) is 5.92 Å². The first-order valence-corrected chi connectivity index (χ1v) is 8.12. The fraction of sp³-hybridized carbons (Fsp3) is 0.857. The van der Waals surface area contributed by atoms with E-state index in [4.69, 9.17) is 12.2 Å². The summed E-state index contributed by atoms with van der Waals surface area (Å²) in [5.74, 6) is 1.99. The standard InChI is InChI=1S/C14H24N4S/c1-2-11-7-9-17(10-8-11)13-15-16-14(19)18(13)12-5-3-4-6-12/h11-12H,2-10H2,1H3,(H,16,19). The van der Waals surface area contributed by atoms with E-state index < -0.39 is 0 Å². The lowest BCUT2D eigenvalue weighted by molar-refractivity contribution is 0.386. The quantitative estimate of drug-likeness (QED) is 0.858. The largest absolute Gasteiger partial charge is 0.341 e. The molecule has 2 fully saturated rings. The first-order chi connectivity index (χ1) is 9.29. The van der Waals surface area contributed by atoms with E-state index in [1.807, 2.05) is 0 Å². The molecule has 0 radical (unpaired) electrons. The van der Waals surface area contributed by atoms with Crippen LogP contribution in [0.1, 0.15) is 57.9 Å². The van der Waals surface area contributed by atoms with Crippen LogP contribution in [0.15, 0.2) is 0 Å². The molecule has 1 saturated carbocycles. The summed E-state index contributed by atoms with van der Waals surface area (Å²) in [5, 5.41) is 7.52. The van der Waals surface area contributed by atoms with Crippen molar-refractivity contribution >= 4 is 18.2 Å². The normalized spacial score (nSPS) is 22.3. The van der Waals surface area contributed by atoms with Crippen LogP contribution >= 0.6 is 12.2 Å². The molecule has 2 heterocycles. The summed E-state index contributed by atoms with van der Waals surface area (Å²) in [4.78, 5) is 2.43. The number of nitrogens with zero attached hydrogens (tertiary/aromatic N) is 3. The topological polar surface area (TPSA) is 36.9 Å². The van der Waals surface area contributed by atoms with Crippen LogP contribution in [0.3, 0.4) is 0 Å². The molecule has 3 rings (SSSR count). The van der Waals surface area contributed by atoms with E-state index in [1.165, 1.54) is 44.9 Å². The fourth-order valence-electron chi connectivity index (χ4n) is 3.55. The van der Waals surface area contributed by atoms with Crippen LogP contribution in [0.4, 0.5) is 5.95 Å². The Morgan fingerprint density at radius 1 is 1.21 bits per heavy atom. The van der Waals surface area contributed by atoms with Gasteiger partial charge in [-0.15, -0.1) is 5.10 Å². The van der Waals surface area contributed by atoms with Crippen LogP contribution in [0.5, 0.6) is 0 Å². The minimum absolute atomic E-state index is 0.574. The van der Waals surface area contributed by atoms with Gasteiger partial charge in [0.2, 0.25) is 5.95 Å². The highest BCUT2D eigenvalue weighted by atomic mass is 32.1. The molecule has 1 saturated heterocycles. The van der Waals surface area contributed by atoms with E-state index >= 15 is 0 Å². The van der Waals surface area contributed by atoms with Crippen LogP contribution in [-0.4, -0.2) is 27.9 Å². The van der Waals surface area contributed by atoms with Gasteiger partial charge in [-0.05, 0) is 43.8 Å². The van der Waals surface area contributed by atoms with Gasteiger partial charge in [0.15, 0.2) is 4.77 Å². The number of rotatable bonds is 3. The van der Waals surface area contributed by atoms with E-state index in [0.717, 1.165) is 29.7 Å². The summed E-state index contributed by atoms with van der Waals surface area (Å²) < 4.78 is 3.09. The molecule has 1 N–H and O–H groups in total. The molecule has 4 nitrogen and oxygen atoms in total. The Kier molecular flexibility index (Phi) is 3.91. The van der Waals surface area contributed by atoms with E-state index in [1.54, 1.807) is 0 Å². The number of hydrogen-bond donors (Lipinski definition) is 1. The second kappa shape index (κ2) is 5.65. The number of anilines is 1. The highest BCUT2D eigenvalue weighted by Crippen LogP contribution is 2.33. The molecule has 0 amide bonds. The molecular weight excluding hydrogens is 256 g/mol. The lowest BCUT2D eigenvalue weighted by atomic mass is 9.95. The fourth-order valence-corrected chi connectivity index (χ4v) is 3.83. The summed E-state index contributed by atoms with van der Waals surface area (Å²) in [6, 6.07) is 0.574. The molecule has 0 aromatic carbocycles. The lowest BCUT2D eigenvalue weighted by Gasteiger charge is -2.33. The van der Waals surface area contributed by atoms with Gasteiger partial charge in [-0.1, -0.05) is 26.2 Å². The van der Waals surface area contributed by atoms with Crippen molar-refractivity contribution in [3.05, 3.63) is 4.77 Å². The molecule has 5 heteroatoms. The zero-order valence-corrected chi connectivity index (χ0v) is 12.6. The molecule has 1 aromatic heterocycles. The van der Waals surface area contributed by atoms with Gasteiger partial charge >= 0.3 is 0 Å². The van der Waals surface area contributed by atoms with Crippen molar-refractivity contribution in [1.82, 2.24) is 14.8 Å². The van der Waals surface area contributed by atoms with Crippen molar-refractivity contribution in [3.8, 4) is 0 Å². The van der Waals surface area contributed by atoms with E-state index in [-0.39, 0.29) is 0 Å². The van der Waals surface area contributed by atoms with Gasteiger partial charge in [0.05, 0.1) is 0 Å². The van der Waals surface area contributed by atoms with Crippen LogP contribution in [0.25, 0.3) is 0 Å². The minimum Gasteiger partial charge on any atom is -0.341 e. The SMILES string of the molecule is CCC1CCN(c2n[nH]c(=S)n2C2CCCC2)CC1. The van der Waals surface area contributed by atoms with Crippen molar-refractivity contribution in [3.63, 3.8) is 0 Å². The smallest absolute Gasteiger partial charge is 0.225 e. The molecule has 2 aliphatic rings. The van der Waals surface area contributed by atoms with Crippen LogP contribution in [-0.2, 0) is 0 Å². The van der Waals surface area contributed by atoms with Gasteiger partial charge in [0.1, 0.15) is 0 Å². The third-order valence-corrected chi connectivity index (χ3v) is 5.14.